The van der Waals surface area contributed by atoms with E-state index in [2.05, 4.69) is 36.5 Å². The Morgan fingerprint density at radius 2 is 1.81 bits per heavy atom. The van der Waals surface area contributed by atoms with Crippen molar-refractivity contribution in [2.75, 3.05) is 6.54 Å². The molecule has 1 saturated heterocycles. The molecule has 0 amide bonds. The van der Waals surface area contributed by atoms with Crippen LogP contribution in [0.4, 0.5) is 0 Å². The molecule has 0 spiro atoms. The Labute approximate surface area is 97.0 Å². The molecule has 2 fully saturated rings. The fraction of sp³-hybridized carbons (Fsp3) is 0.571. The monoisotopic (exact) mass is 217 g/mol. The number of ether oxygens (including phenoxy) is 1. The molecule has 1 aromatic carbocycles. The van der Waals surface area contributed by atoms with E-state index in [1.807, 2.05) is 0 Å². The third-order valence-corrected chi connectivity index (χ3v) is 3.80. The summed E-state index contributed by atoms with van der Waals surface area (Å²) in [4.78, 5) is 0. The highest BCUT2D eigenvalue weighted by Gasteiger charge is 2.38. The first-order chi connectivity index (χ1) is 7.76. The van der Waals surface area contributed by atoms with E-state index in [1.165, 1.54) is 31.2 Å². The van der Waals surface area contributed by atoms with Crippen molar-refractivity contribution in [3.63, 3.8) is 0 Å². The van der Waals surface area contributed by atoms with Gasteiger partial charge in [0, 0.05) is 6.54 Å². The van der Waals surface area contributed by atoms with E-state index in [1.54, 1.807) is 0 Å². The predicted octanol–water partition coefficient (Wildman–Crippen LogP) is 2.83. The van der Waals surface area contributed by atoms with E-state index in [9.17, 15) is 0 Å². The maximum Gasteiger partial charge on any atom is 0.119 e. The molecule has 1 atom stereocenters. The summed E-state index contributed by atoms with van der Waals surface area (Å²) in [6, 6.07) is 8.59. The standard InChI is InChI=1S/C14H19NO/c1-14(10-15-14)11-6-8-13(9-7-11)16-12-4-2-3-5-12/h6-9,12,15H,2-5,10H2,1H3. The van der Waals surface area contributed by atoms with Gasteiger partial charge in [0.25, 0.3) is 0 Å². The van der Waals surface area contributed by atoms with E-state index in [0.29, 0.717) is 6.10 Å². The molecule has 0 radical (unpaired) electrons. The number of benzene rings is 1. The maximum atomic E-state index is 5.94. The summed E-state index contributed by atoms with van der Waals surface area (Å²) >= 11 is 0. The van der Waals surface area contributed by atoms with Gasteiger partial charge in [0.15, 0.2) is 0 Å². The zero-order valence-electron chi connectivity index (χ0n) is 9.83. The van der Waals surface area contributed by atoms with Gasteiger partial charge in [0.2, 0.25) is 0 Å². The van der Waals surface area contributed by atoms with Crippen LogP contribution in [0.1, 0.15) is 38.2 Å². The molecule has 0 bridgehead atoms. The van der Waals surface area contributed by atoms with Crippen LogP contribution in [-0.4, -0.2) is 12.6 Å². The van der Waals surface area contributed by atoms with Crippen LogP contribution in [0.3, 0.4) is 0 Å². The quantitative estimate of drug-likeness (QED) is 0.789. The van der Waals surface area contributed by atoms with Crippen molar-refractivity contribution < 1.29 is 4.74 Å². The Morgan fingerprint density at radius 3 is 2.38 bits per heavy atom. The summed E-state index contributed by atoms with van der Waals surface area (Å²) in [7, 11) is 0. The zero-order valence-corrected chi connectivity index (χ0v) is 9.83. The van der Waals surface area contributed by atoms with E-state index in [4.69, 9.17) is 4.74 Å². The molecular formula is C14H19NO. The van der Waals surface area contributed by atoms with Crippen LogP contribution in [-0.2, 0) is 5.54 Å². The van der Waals surface area contributed by atoms with Gasteiger partial charge in [0.1, 0.15) is 5.75 Å². The third kappa shape index (κ3) is 1.94. The highest BCUT2D eigenvalue weighted by Crippen LogP contribution is 2.31. The number of hydrogen-bond donors (Lipinski definition) is 1. The summed E-state index contributed by atoms with van der Waals surface area (Å²) in [5.41, 5.74) is 1.59. The van der Waals surface area contributed by atoms with Crippen molar-refractivity contribution in [3.05, 3.63) is 29.8 Å². The average molecular weight is 217 g/mol. The van der Waals surface area contributed by atoms with Crippen molar-refractivity contribution in [1.29, 1.82) is 0 Å². The number of nitrogens with one attached hydrogen (secondary N) is 1. The van der Waals surface area contributed by atoms with Gasteiger partial charge in [-0.15, -0.1) is 0 Å². The zero-order chi connectivity index (χ0) is 11.0. The molecule has 86 valence electrons. The average Bonchev–Trinajstić information content (AvgIpc) is 2.85. The van der Waals surface area contributed by atoms with Crippen LogP contribution in [0.15, 0.2) is 24.3 Å². The molecule has 2 nitrogen and oxygen atoms in total. The highest BCUT2D eigenvalue weighted by atomic mass is 16.5. The van der Waals surface area contributed by atoms with Crippen LogP contribution < -0.4 is 10.1 Å². The van der Waals surface area contributed by atoms with Gasteiger partial charge in [-0.25, -0.2) is 0 Å². The topological polar surface area (TPSA) is 31.2 Å². The van der Waals surface area contributed by atoms with Gasteiger partial charge in [-0.2, -0.15) is 0 Å². The van der Waals surface area contributed by atoms with E-state index in [0.717, 1.165) is 12.3 Å². The molecule has 2 aliphatic rings. The Morgan fingerprint density at radius 1 is 1.19 bits per heavy atom. The van der Waals surface area contributed by atoms with Gasteiger partial charge in [-0.1, -0.05) is 12.1 Å². The fourth-order valence-electron chi connectivity index (χ4n) is 2.44. The lowest BCUT2D eigenvalue weighted by molar-refractivity contribution is 0.210. The van der Waals surface area contributed by atoms with E-state index >= 15 is 0 Å². The first-order valence-corrected chi connectivity index (χ1v) is 6.28. The molecule has 1 saturated carbocycles. The lowest BCUT2D eigenvalue weighted by atomic mass is 10.0. The molecule has 1 N–H and O–H groups in total. The van der Waals surface area contributed by atoms with Gasteiger partial charge in [-0.05, 0) is 50.3 Å². The smallest absolute Gasteiger partial charge is 0.119 e. The molecule has 16 heavy (non-hydrogen) atoms. The van der Waals surface area contributed by atoms with Crippen molar-refractivity contribution in [1.82, 2.24) is 5.32 Å². The second-order valence-electron chi connectivity index (χ2n) is 5.23. The SMILES string of the molecule is CC1(c2ccc(OC3CCCC3)cc2)CN1. The first kappa shape index (κ1) is 10.2. The Kier molecular flexibility index (Phi) is 2.40. The normalized spacial score (nSPS) is 29.3. The van der Waals surface area contributed by atoms with Crippen LogP contribution in [0.25, 0.3) is 0 Å². The molecular weight excluding hydrogens is 198 g/mol. The van der Waals surface area contributed by atoms with Crippen LogP contribution in [0.2, 0.25) is 0 Å². The molecule has 0 aromatic heterocycles. The summed E-state index contributed by atoms with van der Waals surface area (Å²) < 4.78 is 5.94. The van der Waals surface area contributed by atoms with Crippen molar-refractivity contribution in [3.8, 4) is 5.75 Å². The minimum Gasteiger partial charge on any atom is -0.490 e. The van der Waals surface area contributed by atoms with E-state index < -0.39 is 0 Å². The fourth-order valence-corrected chi connectivity index (χ4v) is 2.44. The third-order valence-electron chi connectivity index (χ3n) is 3.80. The van der Waals surface area contributed by atoms with Gasteiger partial charge in [-0.3, -0.25) is 0 Å². The minimum absolute atomic E-state index is 0.228. The van der Waals surface area contributed by atoms with Crippen LogP contribution in [0, 0.1) is 0 Å². The highest BCUT2D eigenvalue weighted by molar-refractivity contribution is 5.35. The second-order valence-corrected chi connectivity index (χ2v) is 5.23. The molecule has 1 aliphatic heterocycles. The lowest BCUT2D eigenvalue weighted by Crippen LogP contribution is -2.11. The summed E-state index contributed by atoms with van der Waals surface area (Å²) in [5.74, 6) is 1.03. The Bertz CT molecular complexity index is 361. The second kappa shape index (κ2) is 3.77. The van der Waals surface area contributed by atoms with E-state index in [-0.39, 0.29) is 5.54 Å². The molecule has 1 unspecified atom stereocenters. The molecule has 2 heteroatoms. The minimum atomic E-state index is 0.228. The number of hydrogen-bond acceptors (Lipinski definition) is 2. The Hall–Kier alpha value is -1.02. The lowest BCUT2D eigenvalue weighted by Gasteiger charge is -2.14. The van der Waals surface area contributed by atoms with Gasteiger partial charge >= 0.3 is 0 Å². The molecule has 1 aliphatic carbocycles. The van der Waals surface area contributed by atoms with Crippen molar-refractivity contribution in [2.45, 2.75) is 44.2 Å². The summed E-state index contributed by atoms with van der Waals surface area (Å²) in [6.45, 7) is 3.33. The van der Waals surface area contributed by atoms with Gasteiger partial charge in [0.05, 0.1) is 11.6 Å². The van der Waals surface area contributed by atoms with Crippen molar-refractivity contribution >= 4 is 0 Å². The maximum absolute atomic E-state index is 5.94. The largest absolute Gasteiger partial charge is 0.490 e. The van der Waals surface area contributed by atoms with Crippen molar-refractivity contribution in [2.24, 2.45) is 0 Å². The number of rotatable bonds is 3. The summed E-state index contributed by atoms with van der Waals surface area (Å²) in [6.07, 6.45) is 5.55. The Balaban J connectivity index is 1.67. The summed E-state index contributed by atoms with van der Waals surface area (Å²) in [5, 5.41) is 3.38. The van der Waals surface area contributed by atoms with Crippen LogP contribution >= 0.6 is 0 Å². The molecule has 1 heterocycles. The van der Waals surface area contributed by atoms with Crippen LogP contribution in [0.5, 0.6) is 5.75 Å². The van der Waals surface area contributed by atoms with Gasteiger partial charge < -0.3 is 10.1 Å². The predicted molar refractivity (Wildman–Crippen MR) is 64.7 cm³/mol. The molecule has 1 aromatic rings. The molecule has 3 rings (SSSR count). The first-order valence-electron chi connectivity index (χ1n) is 6.28.